The molecule has 100 valence electrons. The summed E-state index contributed by atoms with van der Waals surface area (Å²) in [5.41, 5.74) is 1.44. The highest BCUT2D eigenvalue weighted by Crippen LogP contribution is 2.37. The summed E-state index contributed by atoms with van der Waals surface area (Å²) >= 11 is 3.52. The van der Waals surface area contributed by atoms with Crippen LogP contribution in [0.4, 0.5) is 0 Å². The van der Waals surface area contributed by atoms with Crippen LogP contribution in [0.5, 0.6) is 0 Å². The van der Waals surface area contributed by atoms with E-state index in [4.69, 9.17) is 4.52 Å². The third-order valence-corrected chi connectivity index (χ3v) is 4.14. The Balaban J connectivity index is 1.41. The molecule has 3 rings (SSSR count). The highest BCUT2D eigenvalue weighted by Gasteiger charge is 2.29. The highest BCUT2D eigenvalue weighted by atomic mass is 79.9. The summed E-state index contributed by atoms with van der Waals surface area (Å²) in [6.07, 6.45) is 4.63. The molecule has 1 aromatic heterocycles. The van der Waals surface area contributed by atoms with E-state index in [9.17, 15) is 0 Å². The number of nitrogens with zero attached hydrogens (tertiary/aromatic N) is 2. The van der Waals surface area contributed by atoms with Crippen molar-refractivity contribution in [3.05, 3.63) is 46.5 Å². The van der Waals surface area contributed by atoms with Gasteiger partial charge in [-0.15, -0.1) is 0 Å². The minimum atomic E-state index is 0.621. The second-order valence-corrected chi connectivity index (χ2v) is 5.89. The van der Waals surface area contributed by atoms with Gasteiger partial charge in [-0.3, -0.25) is 0 Å². The van der Waals surface area contributed by atoms with E-state index in [0.29, 0.717) is 12.0 Å². The molecule has 1 heterocycles. The number of benzene rings is 1. The Labute approximate surface area is 120 Å². The molecule has 1 saturated carbocycles. The average molecular weight is 322 g/mol. The van der Waals surface area contributed by atoms with E-state index in [-0.39, 0.29) is 0 Å². The van der Waals surface area contributed by atoms with Crippen LogP contribution in [0.2, 0.25) is 0 Å². The first-order valence-electron chi connectivity index (χ1n) is 6.55. The van der Waals surface area contributed by atoms with E-state index in [1.807, 2.05) is 0 Å². The van der Waals surface area contributed by atoms with Gasteiger partial charge in [0.15, 0.2) is 5.82 Å². The predicted molar refractivity (Wildman–Crippen MR) is 75.9 cm³/mol. The Kier molecular flexibility index (Phi) is 3.94. The Hall–Kier alpha value is -1.20. The van der Waals surface area contributed by atoms with Gasteiger partial charge in [-0.05, 0) is 36.5 Å². The van der Waals surface area contributed by atoms with Crippen molar-refractivity contribution in [3.8, 4) is 0 Å². The first kappa shape index (κ1) is 12.8. The molecule has 1 aliphatic carbocycles. The second kappa shape index (κ2) is 5.84. The minimum Gasteiger partial charge on any atom is -0.343 e. The lowest BCUT2D eigenvalue weighted by Gasteiger charge is -2.36. The monoisotopic (exact) mass is 321 g/mol. The molecular weight excluding hydrogens is 306 g/mol. The molecule has 0 aliphatic heterocycles. The summed E-state index contributed by atoms with van der Waals surface area (Å²) in [5, 5.41) is 7.34. The largest absolute Gasteiger partial charge is 0.343 e. The number of halogens is 1. The SMILES string of the molecule is Brc1cccc(C2CC(NCCc3ncon3)C2)c1. The molecule has 1 aromatic carbocycles. The van der Waals surface area contributed by atoms with Gasteiger partial charge in [0.2, 0.25) is 6.39 Å². The van der Waals surface area contributed by atoms with E-state index in [2.05, 4.69) is 55.7 Å². The van der Waals surface area contributed by atoms with Crippen LogP contribution in [0.1, 0.15) is 30.1 Å². The number of hydrogen-bond donors (Lipinski definition) is 1. The maximum absolute atomic E-state index is 4.71. The molecule has 2 aromatic rings. The highest BCUT2D eigenvalue weighted by molar-refractivity contribution is 9.10. The molecule has 19 heavy (non-hydrogen) atoms. The molecule has 0 bridgehead atoms. The van der Waals surface area contributed by atoms with Crippen molar-refractivity contribution < 1.29 is 4.52 Å². The van der Waals surface area contributed by atoms with Crippen molar-refractivity contribution in [2.75, 3.05) is 6.54 Å². The second-order valence-electron chi connectivity index (χ2n) is 4.97. The maximum Gasteiger partial charge on any atom is 0.213 e. The quantitative estimate of drug-likeness (QED) is 0.920. The summed E-state index contributed by atoms with van der Waals surface area (Å²) < 4.78 is 5.87. The Bertz CT molecular complexity index is 523. The maximum atomic E-state index is 4.71. The zero-order valence-electron chi connectivity index (χ0n) is 10.6. The van der Waals surface area contributed by atoms with Gasteiger partial charge in [-0.1, -0.05) is 33.2 Å². The van der Waals surface area contributed by atoms with Crippen LogP contribution >= 0.6 is 15.9 Å². The average Bonchev–Trinajstić information content (AvgIpc) is 2.85. The molecule has 0 radical (unpaired) electrons. The summed E-state index contributed by atoms with van der Waals surface area (Å²) in [6.45, 7) is 0.912. The Morgan fingerprint density at radius 2 is 2.26 bits per heavy atom. The smallest absolute Gasteiger partial charge is 0.213 e. The third-order valence-electron chi connectivity index (χ3n) is 3.65. The molecule has 0 amide bonds. The number of aromatic nitrogens is 2. The first-order valence-corrected chi connectivity index (χ1v) is 7.34. The first-order chi connectivity index (χ1) is 9.31. The summed E-state index contributed by atoms with van der Waals surface area (Å²) in [4.78, 5) is 4.01. The minimum absolute atomic E-state index is 0.621. The molecule has 1 fully saturated rings. The molecule has 1 aliphatic rings. The normalized spacial score (nSPS) is 22.2. The fraction of sp³-hybridized carbons (Fsp3) is 0.429. The van der Waals surface area contributed by atoms with E-state index >= 15 is 0 Å². The topological polar surface area (TPSA) is 51.0 Å². The van der Waals surface area contributed by atoms with Gasteiger partial charge in [0.25, 0.3) is 0 Å². The fourth-order valence-electron chi connectivity index (χ4n) is 2.51. The lowest BCUT2D eigenvalue weighted by Crippen LogP contribution is -2.41. The number of rotatable bonds is 5. The number of nitrogens with one attached hydrogen (secondary N) is 1. The van der Waals surface area contributed by atoms with E-state index in [1.54, 1.807) is 0 Å². The van der Waals surface area contributed by atoms with Crippen molar-refractivity contribution in [2.45, 2.75) is 31.2 Å². The van der Waals surface area contributed by atoms with Gasteiger partial charge < -0.3 is 9.84 Å². The van der Waals surface area contributed by atoms with Crippen molar-refractivity contribution in [2.24, 2.45) is 0 Å². The van der Waals surface area contributed by atoms with Gasteiger partial charge in [-0.25, -0.2) is 0 Å². The van der Waals surface area contributed by atoms with Gasteiger partial charge in [0.1, 0.15) is 0 Å². The van der Waals surface area contributed by atoms with E-state index in [0.717, 1.165) is 18.8 Å². The van der Waals surface area contributed by atoms with Gasteiger partial charge in [0, 0.05) is 23.5 Å². The Morgan fingerprint density at radius 1 is 1.37 bits per heavy atom. The zero-order chi connectivity index (χ0) is 13.1. The van der Waals surface area contributed by atoms with Crippen molar-refractivity contribution >= 4 is 15.9 Å². The molecule has 0 saturated heterocycles. The molecule has 5 heteroatoms. The molecular formula is C14H16BrN3O. The van der Waals surface area contributed by atoms with Crippen molar-refractivity contribution in [1.29, 1.82) is 0 Å². The van der Waals surface area contributed by atoms with Crippen molar-refractivity contribution in [3.63, 3.8) is 0 Å². The van der Waals surface area contributed by atoms with Crippen LogP contribution < -0.4 is 5.32 Å². The molecule has 0 atom stereocenters. The zero-order valence-corrected chi connectivity index (χ0v) is 12.1. The Morgan fingerprint density at radius 3 is 3.00 bits per heavy atom. The van der Waals surface area contributed by atoms with Crippen LogP contribution in [0.25, 0.3) is 0 Å². The summed E-state index contributed by atoms with van der Waals surface area (Å²) in [6, 6.07) is 9.24. The number of hydrogen-bond acceptors (Lipinski definition) is 4. The third kappa shape index (κ3) is 3.22. The van der Waals surface area contributed by atoms with Crippen LogP contribution in [0, 0.1) is 0 Å². The van der Waals surface area contributed by atoms with Gasteiger partial charge in [0.05, 0.1) is 0 Å². The summed E-state index contributed by atoms with van der Waals surface area (Å²) in [7, 11) is 0. The van der Waals surface area contributed by atoms with Crippen LogP contribution in [0.15, 0.2) is 39.7 Å². The van der Waals surface area contributed by atoms with Crippen LogP contribution in [-0.4, -0.2) is 22.7 Å². The van der Waals surface area contributed by atoms with Crippen LogP contribution in [-0.2, 0) is 6.42 Å². The molecule has 4 nitrogen and oxygen atoms in total. The van der Waals surface area contributed by atoms with Gasteiger partial charge in [-0.2, -0.15) is 4.98 Å². The predicted octanol–water partition coefficient (Wildman–Crippen LogP) is 2.91. The van der Waals surface area contributed by atoms with Crippen LogP contribution in [0.3, 0.4) is 0 Å². The standard InChI is InChI=1S/C14H16BrN3O/c15-12-3-1-2-10(6-12)11-7-13(8-11)16-5-4-14-17-9-19-18-14/h1-3,6,9,11,13,16H,4-5,7-8H2. The van der Waals surface area contributed by atoms with Gasteiger partial charge >= 0.3 is 0 Å². The molecule has 0 spiro atoms. The van der Waals surface area contributed by atoms with Crippen molar-refractivity contribution in [1.82, 2.24) is 15.5 Å². The van der Waals surface area contributed by atoms with E-state index in [1.165, 1.54) is 29.3 Å². The fourth-order valence-corrected chi connectivity index (χ4v) is 2.92. The molecule has 1 N–H and O–H groups in total. The lowest BCUT2D eigenvalue weighted by atomic mass is 9.76. The molecule has 0 unspecified atom stereocenters. The van der Waals surface area contributed by atoms with E-state index < -0.39 is 0 Å². The lowest BCUT2D eigenvalue weighted by molar-refractivity contribution is 0.291. The summed E-state index contributed by atoms with van der Waals surface area (Å²) in [5.74, 6) is 1.47.